The van der Waals surface area contributed by atoms with Crippen LogP contribution < -0.4 is 10.1 Å². The van der Waals surface area contributed by atoms with Crippen molar-refractivity contribution in [2.45, 2.75) is 27.2 Å². The highest BCUT2D eigenvalue weighted by molar-refractivity contribution is 7.15. The lowest BCUT2D eigenvalue weighted by molar-refractivity contribution is -0.115. The normalized spacial score (nSPS) is 10.2. The highest BCUT2D eigenvalue weighted by atomic mass is 32.1. The molecule has 7 nitrogen and oxygen atoms in total. The summed E-state index contributed by atoms with van der Waals surface area (Å²) in [7, 11) is 0. The van der Waals surface area contributed by atoms with Crippen molar-refractivity contribution in [1.29, 1.82) is 0 Å². The van der Waals surface area contributed by atoms with Gasteiger partial charge >= 0.3 is 11.9 Å². The minimum Gasteiger partial charge on any atom is -0.494 e. The largest absolute Gasteiger partial charge is 0.494 e. The van der Waals surface area contributed by atoms with Gasteiger partial charge in [-0.25, -0.2) is 9.59 Å². The quantitative estimate of drug-likeness (QED) is 0.640. The lowest BCUT2D eigenvalue weighted by Gasteiger charge is -2.09. The molecule has 28 heavy (non-hydrogen) atoms. The minimum absolute atomic E-state index is 0.0188. The van der Waals surface area contributed by atoms with Gasteiger partial charge in [-0.1, -0.05) is 12.1 Å². The molecule has 0 fully saturated rings. The molecule has 0 atom stereocenters. The molecule has 1 N–H and O–H groups in total. The van der Waals surface area contributed by atoms with Gasteiger partial charge in [-0.05, 0) is 38.5 Å². The number of carbonyl (C=O) groups is 3. The Bertz CT molecular complexity index is 828. The van der Waals surface area contributed by atoms with E-state index in [0.717, 1.165) is 22.6 Å². The third kappa shape index (κ3) is 5.56. The van der Waals surface area contributed by atoms with E-state index < -0.39 is 11.9 Å². The van der Waals surface area contributed by atoms with Crippen LogP contribution in [0.1, 0.15) is 47.1 Å². The minimum atomic E-state index is -0.678. The van der Waals surface area contributed by atoms with Gasteiger partial charge in [-0.15, -0.1) is 11.3 Å². The number of rotatable bonds is 9. The summed E-state index contributed by atoms with van der Waals surface area (Å²) >= 11 is 1.08. The molecule has 0 unspecified atom stereocenters. The van der Waals surface area contributed by atoms with Crippen LogP contribution in [-0.4, -0.2) is 37.7 Å². The standard InChI is InChI=1S/C20H23NO6S/c1-4-25-14-9-7-13(8-10-14)11-16(22)21-18-17(20(24)27-6-3)15(12-28-18)19(23)26-5-2/h7-10,12H,4-6,11H2,1-3H3,(H,21,22). The number of hydrogen-bond donors (Lipinski definition) is 1. The van der Waals surface area contributed by atoms with Gasteiger partial charge in [0.1, 0.15) is 16.3 Å². The van der Waals surface area contributed by atoms with E-state index in [2.05, 4.69) is 5.32 Å². The Morgan fingerprint density at radius 1 is 0.929 bits per heavy atom. The molecule has 1 amide bonds. The Hall–Kier alpha value is -2.87. The van der Waals surface area contributed by atoms with Crippen LogP contribution in [0.25, 0.3) is 0 Å². The number of amides is 1. The molecule has 2 rings (SSSR count). The number of anilines is 1. The van der Waals surface area contributed by atoms with Crippen LogP contribution in [0.15, 0.2) is 29.6 Å². The number of thiophene rings is 1. The summed E-state index contributed by atoms with van der Waals surface area (Å²) in [6, 6.07) is 7.19. The summed E-state index contributed by atoms with van der Waals surface area (Å²) in [4.78, 5) is 36.8. The smallest absolute Gasteiger partial charge is 0.342 e. The average Bonchev–Trinajstić information content (AvgIpc) is 3.07. The fourth-order valence-corrected chi connectivity index (χ4v) is 3.38. The van der Waals surface area contributed by atoms with Crippen LogP contribution in [-0.2, 0) is 20.7 Å². The van der Waals surface area contributed by atoms with Crippen LogP contribution in [0.4, 0.5) is 5.00 Å². The SMILES string of the molecule is CCOC(=O)c1csc(NC(=O)Cc2ccc(OCC)cc2)c1C(=O)OCC. The molecule has 0 aliphatic rings. The maximum atomic E-state index is 12.4. The topological polar surface area (TPSA) is 90.9 Å². The molecule has 1 aromatic heterocycles. The van der Waals surface area contributed by atoms with Crippen LogP contribution >= 0.6 is 11.3 Å². The molecular formula is C20H23NO6S. The first-order valence-corrected chi connectivity index (χ1v) is 9.85. The van der Waals surface area contributed by atoms with E-state index >= 15 is 0 Å². The zero-order chi connectivity index (χ0) is 20.5. The first kappa shape index (κ1) is 21.4. The van der Waals surface area contributed by atoms with E-state index in [9.17, 15) is 14.4 Å². The molecule has 0 saturated heterocycles. The van der Waals surface area contributed by atoms with Gasteiger partial charge in [-0.3, -0.25) is 4.79 Å². The molecular weight excluding hydrogens is 382 g/mol. The Balaban J connectivity index is 2.16. The van der Waals surface area contributed by atoms with Gasteiger partial charge in [0.2, 0.25) is 5.91 Å². The fourth-order valence-electron chi connectivity index (χ4n) is 2.44. The number of hydrogen-bond acceptors (Lipinski definition) is 7. The molecule has 8 heteroatoms. The first-order chi connectivity index (χ1) is 13.5. The number of esters is 2. The van der Waals surface area contributed by atoms with Crippen molar-refractivity contribution < 1.29 is 28.6 Å². The van der Waals surface area contributed by atoms with E-state index in [0.29, 0.717) is 6.61 Å². The first-order valence-electron chi connectivity index (χ1n) is 8.97. The van der Waals surface area contributed by atoms with Crippen molar-refractivity contribution in [2.24, 2.45) is 0 Å². The Morgan fingerprint density at radius 2 is 1.57 bits per heavy atom. The summed E-state index contributed by atoms with van der Waals surface area (Å²) in [5.41, 5.74) is 0.896. The van der Waals surface area contributed by atoms with Crippen molar-refractivity contribution in [3.05, 3.63) is 46.3 Å². The summed E-state index contributed by atoms with van der Waals surface area (Å²) < 4.78 is 15.4. The Labute approximate surface area is 167 Å². The van der Waals surface area contributed by atoms with E-state index in [-0.39, 0.29) is 41.7 Å². The zero-order valence-corrected chi connectivity index (χ0v) is 16.9. The second-order valence-electron chi connectivity index (χ2n) is 5.60. The Morgan fingerprint density at radius 3 is 2.18 bits per heavy atom. The molecule has 0 saturated carbocycles. The van der Waals surface area contributed by atoms with Gasteiger partial charge < -0.3 is 19.5 Å². The van der Waals surface area contributed by atoms with Crippen molar-refractivity contribution >= 4 is 34.2 Å². The molecule has 1 heterocycles. The fraction of sp³-hybridized carbons (Fsp3) is 0.350. The lowest BCUT2D eigenvalue weighted by Crippen LogP contribution is -2.18. The predicted molar refractivity (Wildman–Crippen MR) is 106 cm³/mol. The monoisotopic (exact) mass is 405 g/mol. The summed E-state index contributed by atoms with van der Waals surface area (Å²) in [6.07, 6.45) is 0.112. The lowest BCUT2D eigenvalue weighted by atomic mass is 10.1. The van der Waals surface area contributed by atoms with Crippen molar-refractivity contribution in [2.75, 3.05) is 25.1 Å². The van der Waals surface area contributed by atoms with Crippen LogP contribution in [0.2, 0.25) is 0 Å². The molecule has 0 spiro atoms. The van der Waals surface area contributed by atoms with Gasteiger partial charge in [0.05, 0.1) is 31.8 Å². The maximum absolute atomic E-state index is 12.4. The Kier molecular flexibility index (Phi) is 8.01. The van der Waals surface area contributed by atoms with E-state index in [1.165, 1.54) is 5.38 Å². The third-order valence-corrected chi connectivity index (χ3v) is 4.51. The number of nitrogens with one attached hydrogen (secondary N) is 1. The highest BCUT2D eigenvalue weighted by Crippen LogP contribution is 2.30. The molecule has 0 radical (unpaired) electrons. The summed E-state index contributed by atoms with van der Waals surface area (Å²) in [5.74, 6) is -0.891. The molecule has 0 bridgehead atoms. The average molecular weight is 405 g/mol. The van der Waals surface area contributed by atoms with E-state index in [1.807, 2.05) is 6.92 Å². The molecule has 1 aromatic carbocycles. The van der Waals surface area contributed by atoms with E-state index in [1.54, 1.807) is 38.1 Å². The second-order valence-corrected chi connectivity index (χ2v) is 6.48. The van der Waals surface area contributed by atoms with Crippen molar-refractivity contribution in [1.82, 2.24) is 0 Å². The molecule has 150 valence electrons. The second kappa shape index (κ2) is 10.5. The van der Waals surface area contributed by atoms with Gasteiger partial charge in [0.15, 0.2) is 0 Å². The summed E-state index contributed by atoms with van der Waals surface area (Å²) in [5, 5.41) is 4.44. The van der Waals surface area contributed by atoms with Crippen molar-refractivity contribution in [3.63, 3.8) is 0 Å². The zero-order valence-electron chi connectivity index (χ0n) is 16.1. The highest BCUT2D eigenvalue weighted by Gasteiger charge is 2.26. The van der Waals surface area contributed by atoms with Crippen LogP contribution in [0.5, 0.6) is 5.75 Å². The molecule has 2 aromatic rings. The number of ether oxygens (including phenoxy) is 3. The molecule has 0 aliphatic heterocycles. The van der Waals surface area contributed by atoms with Crippen LogP contribution in [0.3, 0.4) is 0 Å². The predicted octanol–water partition coefficient (Wildman–Crippen LogP) is 3.68. The number of carbonyl (C=O) groups excluding carboxylic acids is 3. The maximum Gasteiger partial charge on any atom is 0.342 e. The third-order valence-electron chi connectivity index (χ3n) is 3.62. The van der Waals surface area contributed by atoms with E-state index in [4.69, 9.17) is 14.2 Å². The van der Waals surface area contributed by atoms with Gasteiger partial charge in [0.25, 0.3) is 0 Å². The molecule has 0 aliphatic carbocycles. The van der Waals surface area contributed by atoms with Crippen molar-refractivity contribution in [3.8, 4) is 5.75 Å². The number of benzene rings is 1. The van der Waals surface area contributed by atoms with Gasteiger partial charge in [0, 0.05) is 5.38 Å². The van der Waals surface area contributed by atoms with Gasteiger partial charge in [-0.2, -0.15) is 0 Å². The van der Waals surface area contributed by atoms with Crippen LogP contribution in [0, 0.1) is 0 Å². The summed E-state index contributed by atoms with van der Waals surface area (Å²) in [6.45, 7) is 6.13.